The van der Waals surface area contributed by atoms with Crippen LogP contribution in [0.3, 0.4) is 0 Å². The molecule has 0 aromatic heterocycles. The fourth-order valence-electron chi connectivity index (χ4n) is 2.43. The summed E-state index contributed by atoms with van der Waals surface area (Å²) in [4.78, 5) is 0. The second-order valence-corrected chi connectivity index (χ2v) is 5.26. The summed E-state index contributed by atoms with van der Waals surface area (Å²) in [5.41, 5.74) is 3.16. The Balaban J connectivity index is 1.91. The highest BCUT2D eigenvalue weighted by Gasteiger charge is 1.96. The van der Waals surface area contributed by atoms with Gasteiger partial charge in [-0.1, -0.05) is 72.5 Å². The molecule has 0 spiro atoms. The zero-order valence-corrected chi connectivity index (χ0v) is 13.1. The quantitative estimate of drug-likeness (QED) is 0.625. The van der Waals surface area contributed by atoms with Gasteiger partial charge >= 0.3 is 0 Å². The molecule has 0 N–H and O–H groups in total. The molecule has 0 heterocycles. The van der Waals surface area contributed by atoms with Crippen LogP contribution in [-0.2, 0) is 4.74 Å². The van der Waals surface area contributed by atoms with Gasteiger partial charge in [0.25, 0.3) is 0 Å². The molecule has 0 saturated heterocycles. The first-order chi connectivity index (χ1) is 11.4. The summed E-state index contributed by atoms with van der Waals surface area (Å²) in [7, 11) is 1.69. The van der Waals surface area contributed by atoms with Crippen molar-refractivity contribution in [3.05, 3.63) is 89.5 Å². The highest BCUT2D eigenvalue weighted by molar-refractivity contribution is 5.83. The minimum absolute atomic E-state index is 0.604. The van der Waals surface area contributed by atoms with E-state index in [9.17, 15) is 0 Å². The van der Waals surface area contributed by atoms with Crippen molar-refractivity contribution in [2.75, 3.05) is 13.7 Å². The van der Waals surface area contributed by atoms with Crippen molar-refractivity contribution in [2.45, 2.75) is 0 Å². The van der Waals surface area contributed by atoms with Crippen LogP contribution in [0.5, 0.6) is 0 Å². The third kappa shape index (κ3) is 3.88. The van der Waals surface area contributed by atoms with Crippen molar-refractivity contribution in [3.63, 3.8) is 0 Å². The van der Waals surface area contributed by atoms with Crippen molar-refractivity contribution >= 4 is 16.8 Å². The number of hydrogen-bond donors (Lipinski definition) is 0. The van der Waals surface area contributed by atoms with E-state index >= 15 is 0 Å². The van der Waals surface area contributed by atoms with E-state index in [1.807, 2.05) is 30.4 Å². The van der Waals surface area contributed by atoms with E-state index < -0.39 is 0 Å². The monoisotopic (exact) mass is 298 g/mol. The van der Waals surface area contributed by atoms with Gasteiger partial charge in [0.15, 0.2) is 0 Å². The largest absolute Gasteiger partial charge is 0.381 e. The van der Waals surface area contributed by atoms with Crippen LogP contribution in [0, 0.1) is 11.8 Å². The number of benzene rings is 3. The molecular formula is C22H18O. The van der Waals surface area contributed by atoms with Crippen LogP contribution in [0.25, 0.3) is 16.8 Å². The Bertz CT molecular complexity index is 894. The van der Waals surface area contributed by atoms with Gasteiger partial charge in [-0.25, -0.2) is 0 Å². The van der Waals surface area contributed by atoms with Crippen molar-refractivity contribution in [1.82, 2.24) is 0 Å². The Morgan fingerprint density at radius 2 is 1.65 bits per heavy atom. The predicted octanol–water partition coefficient (Wildman–Crippen LogP) is 4.90. The Morgan fingerprint density at radius 3 is 2.52 bits per heavy atom. The Labute approximate surface area is 137 Å². The Hall–Kier alpha value is -2.82. The molecule has 0 fully saturated rings. The molecule has 0 aliphatic carbocycles. The van der Waals surface area contributed by atoms with Crippen molar-refractivity contribution in [3.8, 4) is 11.8 Å². The van der Waals surface area contributed by atoms with Gasteiger partial charge in [0.1, 0.15) is 0 Å². The van der Waals surface area contributed by atoms with E-state index in [0.29, 0.717) is 6.61 Å². The second-order valence-electron chi connectivity index (χ2n) is 5.26. The molecular weight excluding hydrogens is 280 g/mol. The lowest BCUT2D eigenvalue weighted by atomic mass is 10.1. The molecule has 1 heteroatoms. The lowest BCUT2D eigenvalue weighted by molar-refractivity contribution is 0.234. The normalized spacial score (nSPS) is 10.7. The average molecular weight is 298 g/mol. The zero-order valence-electron chi connectivity index (χ0n) is 13.1. The fourth-order valence-corrected chi connectivity index (χ4v) is 2.43. The molecule has 0 aliphatic rings. The van der Waals surface area contributed by atoms with E-state index in [1.165, 1.54) is 10.8 Å². The summed E-state index contributed by atoms with van der Waals surface area (Å²) >= 11 is 0. The second kappa shape index (κ2) is 7.45. The summed E-state index contributed by atoms with van der Waals surface area (Å²) in [6, 6.07) is 22.8. The first kappa shape index (κ1) is 15.1. The van der Waals surface area contributed by atoms with E-state index in [4.69, 9.17) is 4.74 Å². The molecule has 0 saturated carbocycles. The maximum Gasteiger partial charge on any atom is 0.0646 e. The predicted molar refractivity (Wildman–Crippen MR) is 97.3 cm³/mol. The minimum atomic E-state index is 0.604. The lowest BCUT2D eigenvalue weighted by Gasteiger charge is -1.99. The topological polar surface area (TPSA) is 9.23 Å². The Kier molecular flexibility index (Phi) is 4.88. The third-order valence-electron chi connectivity index (χ3n) is 3.61. The number of ether oxygens (including phenoxy) is 1. The van der Waals surface area contributed by atoms with Crippen LogP contribution >= 0.6 is 0 Å². The first-order valence-corrected chi connectivity index (χ1v) is 7.62. The standard InChI is InChI=1S/C22H18O/c1-23-16-6-11-19-7-2-3-8-20(19)14-12-18-13-15-21-9-4-5-10-22(21)17-18/h2-11,13,15,17H,16H2,1H3/b11-6+. The molecule has 0 atom stereocenters. The highest BCUT2D eigenvalue weighted by atomic mass is 16.5. The SMILES string of the molecule is COC/C=C/c1ccccc1C#Cc1ccc2ccccc2c1. The van der Waals surface area contributed by atoms with Crippen LogP contribution in [0.2, 0.25) is 0 Å². The van der Waals surface area contributed by atoms with Crippen molar-refractivity contribution < 1.29 is 4.74 Å². The summed E-state index contributed by atoms with van der Waals surface area (Å²) in [6.45, 7) is 0.604. The van der Waals surface area contributed by atoms with Gasteiger partial charge < -0.3 is 4.74 Å². The van der Waals surface area contributed by atoms with E-state index in [0.717, 1.165) is 16.7 Å². The summed E-state index contributed by atoms with van der Waals surface area (Å²) in [6.07, 6.45) is 4.05. The zero-order chi connectivity index (χ0) is 15.9. The maximum absolute atomic E-state index is 5.05. The molecule has 1 nitrogen and oxygen atoms in total. The molecule has 112 valence electrons. The van der Waals surface area contributed by atoms with Gasteiger partial charge in [-0.05, 0) is 34.5 Å². The van der Waals surface area contributed by atoms with Crippen LogP contribution in [0.15, 0.2) is 72.8 Å². The number of rotatable bonds is 3. The smallest absolute Gasteiger partial charge is 0.0646 e. The van der Waals surface area contributed by atoms with Gasteiger partial charge in [0, 0.05) is 18.2 Å². The van der Waals surface area contributed by atoms with Crippen LogP contribution < -0.4 is 0 Å². The van der Waals surface area contributed by atoms with E-state index in [-0.39, 0.29) is 0 Å². The molecule has 3 aromatic carbocycles. The minimum Gasteiger partial charge on any atom is -0.381 e. The maximum atomic E-state index is 5.05. The van der Waals surface area contributed by atoms with Gasteiger partial charge in [-0.15, -0.1) is 0 Å². The third-order valence-corrected chi connectivity index (χ3v) is 3.61. The summed E-state index contributed by atoms with van der Waals surface area (Å²) in [5.74, 6) is 6.55. The van der Waals surface area contributed by atoms with Gasteiger partial charge in [0.05, 0.1) is 6.61 Å². The average Bonchev–Trinajstić information content (AvgIpc) is 2.61. The molecule has 0 amide bonds. The molecule has 3 rings (SSSR count). The Morgan fingerprint density at radius 1 is 0.870 bits per heavy atom. The van der Waals surface area contributed by atoms with Gasteiger partial charge in [-0.3, -0.25) is 0 Å². The number of hydrogen-bond acceptors (Lipinski definition) is 1. The molecule has 0 radical (unpaired) electrons. The number of fused-ring (bicyclic) bond motifs is 1. The molecule has 23 heavy (non-hydrogen) atoms. The molecule has 0 aliphatic heterocycles. The summed E-state index contributed by atoms with van der Waals surface area (Å²) in [5, 5.41) is 2.45. The highest BCUT2D eigenvalue weighted by Crippen LogP contribution is 2.15. The fraction of sp³-hybridized carbons (Fsp3) is 0.0909. The first-order valence-electron chi connectivity index (χ1n) is 7.62. The number of methoxy groups -OCH3 is 1. The molecule has 3 aromatic rings. The van der Waals surface area contributed by atoms with Crippen molar-refractivity contribution in [1.29, 1.82) is 0 Å². The molecule has 0 bridgehead atoms. The molecule has 0 unspecified atom stereocenters. The van der Waals surface area contributed by atoms with Crippen molar-refractivity contribution in [2.24, 2.45) is 0 Å². The van der Waals surface area contributed by atoms with Gasteiger partial charge in [-0.2, -0.15) is 0 Å². The van der Waals surface area contributed by atoms with Crippen LogP contribution in [0.1, 0.15) is 16.7 Å². The van der Waals surface area contributed by atoms with Crippen LogP contribution in [0.4, 0.5) is 0 Å². The van der Waals surface area contributed by atoms with Crippen LogP contribution in [-0.4, -0.2) is 13.7 Å². The summed E-state index contributed by atoms with van der Waals surface area (Å²) < 4.78 is 5.05. The lowest BCUT2D eigenvalue weighted by Crippen LogP contribution is -1.84. The van der Waals surface area contributed by atoms with E-state index in [2.05, 4.69) is 60.4 Å². The van der Waals surface area contributed by atoms with Gasteiger partial charge in [0.2, 0.25) is 0 Å². The van der Waals surface area contributed by atoms with E-state index in [1.54, 1.807) is 7.11 Å².